The van der Waals surface area contributed by atoms with E-state index < -0.39 is 11.7 Å². The highest BCUT2D eigenvalue weighted by Gasteiger charge is 2.53. The number of nitrogens with zero attached hydrogens (tertiary/aromatic N) is 3. The molecule has 3 aliphatic rings. The van der Waals surface area contributed by atoms with Crippen LogP contribution in [0.2, 0.25) is 0 Å². The minimum Gasteiger partial charge on any atom is -0.388 e. The van der Waals surface area contributed by atoms with Gasteiger partial charge in [0.2, 0.25) is 5.91 Å². The summed E-state index contributed by atoms with van der Waals surface area (Å²) in [5.74, 6) is -0.0898. The summed E-state index contributed by atoms with van der Waals surface area (Å²) in [4.78, 5) is 25.9. The van der Waals surface area contributed by atoms with E-state index in [0.29, 0.717) is 31.7 Å². The minimum atomic E-state index is -0.719. The van der Waals surface area contributed by atoms with Crippen LogP contribution in [0.5, 0.6) is 0 Å². The molecule has 1 N–H and O–H groups in total. The van der Waals surface area contributed by atoms with Crippen LogP contribution in [0.15, 0.2) is 35.4 Å². The third-order valence-corrected chi connectivity index (χ3v) is 5.64. The maximum atomic E-state index is 12.8. The van der Waals surface area contributed by atoms with E-state index >= 15 is 0 Å². The zero-order valence-electron chi connectivity index (χ0n) is 14.8. The molecule has 3 aliphatic heterocycles. The number of carbonyl (C=O) groups is 2. The van der Waals surface area contributed by atoms with Crippen molar-refractivity contribution in [2.75, 3.05) is 26.7 Å². The third-order valence-electron chi connectivity index (χ3n) is 5.64. The topological polar surface area (TPSA) is 82.4 Å². The summed E-state index contributed by atoms with van der Waals surface area (Å²) in [7, 11) is 1.56. The number of aliphatic hydroxyl groups excluding tert-OH is 1. The highest BCUT2D eigenvalue weighted by Crippen LogP contribution is 2.42. The van der Waals surface area contributed by atoms with Gasteiger partial charge < -0.3 is 14.7 Å². The quantitative estimate of drug-likeness (QED) is 0.846. The number of rotatable bonds is 2. The van der Waals surface area contributed by atoms with Crippen molar-refractivity contribution >= 4 is 17.5 Å². The maximum Gasteiger partial charge on any atom is 0.270 e. The lowest BCUT2D eigenvalue weighted by atomic mass is 9.87. The van der Waals surface area contributed by atoms with Crippen LogP contribution in [0, 0.1) is 0 Å². The standard InChI is InChI=1S/C19H23N3O4/c1-21-17(24)8-7-15(20-21)18(25)22-10-16(23)19(12-22)9-14(11-26-19)13-5-3-2-4-6-13/h2-6,14,16,23H,7-12H2,1H3/t14-,16+,19+/m0/s1. The molecule has 0 radical (unpaired) electrons. The fourth-order valence-electron chi connectivity index (χ4n) is 4.11. The molecule has 0 unspecified atom stereocenters. The van der Waals surface area contributed by atoms with Gasteiger partial charge in [0.05, 0.1) is 13.2 Å². The summed E-state index contributed by atoms with van der Waals surface area (Å²) in [5, 5.41) is 15.9. The molecule has 2 saturated heterocycles. The first kappa shape index (κ1) is 17.2. The van der Waals surface area contributed by atoms with Gasteiger partial charge in [0, 0.05) is 32.4 Å². The van der Waals surface area contributed by atoms with Crippen molar-refractivity contribution in [1.82, 2.24) is 9.91 Å². The molecule has 1 spiro atoms. The largest absolute Gasteiger partial charge is 0.388 e. The first-order valence-electron chi connectivity index (χ1n) is 8.99. The second-order valence-electron chi connectivity index (χ2n) is 7.35. The Morgan fingerprint density at radius 2 is 2.08 bits per heavy atom. The molecule has 0 bridgehead atoms. The van der Waals surface area contributed by atoms with Crippen molar-refractivity contribution in [1.29, 1.82) is 0 Å². The summed E-state index contributed by atoms with van der Waals surface area (Å²) in [6, 6.07) is 10.1. The molecule has 0 aliphatic carbocycles. The molecule has 4 rings (SSSR count). The predicted octanol–water partition coefficient (Wildman–Crippen LogP) is 0.741. The van der Waals surface area contributed by atoms with Crippen molar-refractivity contribution in [3.63, 3.8) is 0 Å². The summed E-state index contributed by atoms with van der Waals surface area (Å²) in [6.45, 7) is 1.13. The lowest BCUT2D eigenvalue weighted by Gasteiger charge is -2.26. The third kappa shape index (κ3) is 2.91. The van der Waals surface area contributed by atoms with E-state index in [0.717, 1.165) is 0 Å². The van der Waals surface area contributed by atoms with Crippen molar-refractivity contribution in [3.05, 3.63) is 35.9 Å². The molecule has 0 saturated carbocycles. The average Bonchev–Trinajstić information content (AvgIpc) is 3.22. The normalized spacial score (nSPS) is 31.6. The Bertz CT molecular complexity index is 750. The summed E-state index contributed by atoms with van der Waals surface area (Å²) in [6.07, 6.45) is 0.598. The predicted molar refractivity (Wildman–Crippen MR) is 94.5 cm³/mol. The summed E-state index contributed by atoms with van der Waals surface area (Å²) >= 11 is 0. The fourth-order valence-corrected chi connectivity index (χ4v) is 4.11. The van der Waals surface area contributed by atoms with E-state index in [4.69, 9.17) is 4.74 Å². The number of β-amino-alcohol motifs (C(OH)–C–C–N with tert-alkyl or cyclic N) is 1. The van der Waals surface area contributed by atoms with Crippen molar-refractivity contribution in [2.45, 2.75) is 36.9 Å². The molecule has 3 atom stereocenters. The average molecular weight is 357 g/mol. The van der Waals surface area contributed by atoms with Gasteiger partial charge in [-0.3, -0.25) is 9.59 Å². The highest BCUT2D eigenvalue weighted by atomic mass is 16.5. The van der Waals surface area contributed by atoms with E-state index in [2.05, 4.69) is 17.2 Å². The molecule has 2 amide bonds. The molecule has 0 aromatic heterocycles. The summed E-state index contributed by atoms with van der Waals surface area (Å²) in [5.41, 5.74) is 0.847. The Morgan fingerprint density at radius 1 is 1.31 bits per heavy atom. The van der Waals surface area contributed by atoms with E-state index in [-0.39, 0.29) is 30.7 Å². The molecular formula is C19H23N3O4. The molecule has 1 aromatic carbocycles. The van der Waals surface area contributed by atoms with Crippen LogP contribution < -0.4 is 0 Å². The van der Waals surface area contributed by atoms with Crippen LogP contribution >= 0.6 is 0 Å². The van der Waals surface area contributed by atoms with E-state index in [1.54, 1.807) is 11.9 Å². The van der Waals surface area contributed by atoms with Crippen LogP contribution in [0.3, 0.4) is 0 Å². The smallest absolute Gasteiger partial charge is 0.270 e. The first-order valence-corrected chi connectivity index (χ1v) is 8.99. The van der Waals surface area contributed by atoms with E-state index in [1.165, 1.54) is 10.6 Å². The van der Waals surface area contributed by atoms with Crippen LogP contribution in [0.25, 0.3) is 0 Å². The highest BCUT2D eigenvalue weighted by molar-refractivity contribution is 6.39. The minimum absolute atomic E-state index is 0.0932. The molecule has 2 fully saturated rings. The first-order chi connectivity index (χ1) is 12.5. The van der Waals surface area contributed by atoms with Gasteiger partial charge in [0.15, 0.2) is 0 Å². The Labute approximate surface area is 152 Å². The molecule has 7 nitrogen and oxygen atoms in total. The zero-order chi connectivity index (χ0) is 18.3. The number of carbonyl (C=O) groups excluding carboxylic acids is 2. The van der Waals surface area contributed by atoms with Gasteiger partial charge in [-0.05, 0) is 12.0 Å². The Kier molecular flexibility index (Phi) is 4.28. The van der Waals surface area contributed by atoms with Gasteiger partial charge in [0.25, 0.3) is 5.91 Å². The van der Waals surface area contributed by atoms with Crippen molar-refractivity contribution in [2.24, 2.45) is 5.10 Å². The second kappa shape index (κ2) is 6.48. The lowest BCUT2D eigenvalue weighted by molar-refractivity contribution is -0.130. The number of hydrogen-bond donors (Lipinski definition) is 1. The van der Waals surface area contributed by atoms with Crippen LogP contribution in [-0.4, -0.2) is 71.0 Å². The summed E-state index contributed by atoms with van der Waals surface area (Å²) < 4.78 is 6.04. The van der Waals surface area contributed by atoms with Crippen molar-refractivity contribution in [3.8, 4) is 0 Å². The van der Waals surface area contributed by atoms with Crippen LogP contribution in [0.4, 0.5) is 0 Å². The molecule has 138 valence electrons. The molecule has 1 aromatic rings. The zero-order valence-corrected chi connectivity index (χ0v) is 14.8. The van der Waals surface area contributed by atoms with Gasteiger partial charge in [0.1, 0.15) is 17.4 Å². The molecular weight excluding hydrogens is 334 g/mol. The molecule has 3 heterocycles. The Morgan fingerprint density at radius 3 is 2.81 bits per heavy atom. The van der Waals surface area contributed by atoms with Crippen molar-refractivity contribution < 1.29 is 19.4 Å². The van der Waals surface area contributed by atoms with Gasteiger partial charge in [-0.2, -0.15) is 5.10 Å². The maximum absolute atomic E-state index is 12.8. The number of benzene rings is 1. The number of hydrogen-bond acceptors (Lipinski definition) is 5. The monoisotopic (exact) mass is 357 g/mol. The van der Waals surface area contributed by atoms with Gasteiger partial charge in [-0.1, -0.05) is 30.3 Å². The Hall–Kier alpha value is -2.25. The lowest BCUT2D eigenvalue weighted by Crippen LogP contribution is -2.43. The second-order valence-corrected chi connectivity index (χ2v) is 7.35. The molecule has 7 heteroatoms. The molecule has 26 heavy (non-hydrogen) atoms. The van der Waals surface area contributed by atoms with Gasteiger partial charge >= 0.3 is 0 Å². The van der Waals surface area contributed by atoms with E-state index in [1.807, 2.05) is 18.2 Å². The van der Waals surface area contributed by atoms with Crippen LogP contribution in [-0.2, 0) is 14.3 Å². The number of amides is 2. The van der Waals surface area contributed by atoms with Gasteiger partial charge in [-0.25, -0.2) is 5.01 Å². The number of ether oxygens (including phenoxy) is 1. The fraction of sp³-hybridized carbons (Fsp3) is 0.526. The number of aliphatic hydroxyl groups is 1. The number of likely N-dealkylation sites (tertiary alicyclic amines) is 1. The van der Waals surface area contributed by atoms with Gasteiger partial charge in [-0.15, -0.1) is 0 Å². The van der Waals surface area contributed by atoms with Crippen LogP contribution in [0.1, 0.15) is 30.7 Å². The number of hydrazone groups is 1. The van der Waals surface area contributed by atoms with E-state index in [9.17, 15) is 14.7 Å². The Balaban J connectivity index is 1.47. The SMILES string of the molecule is CN1N=C(C(=O)N2C[C@@H](O)[C@@]3(C[C@H](c4ccccc4)CO3)C2)CCC1=O.